The van der Waals surface area contributed by atoms with Gasteiger partial charge in [-0.2, -0.15) is 0 Å². The van der Waals surface area contributed by atoms with Gasteiger partial charge in [-0.3, -0.25) is 4.79 Å². The second-order valence-electron chi connectivity index (χ2n) is 4.50. The van der Waals surface area contributed by atoms with Crippen LogP contribution >= 0.6 is 0 Å². The number of esters is 2. The van der Waals surface area contributed by atoms with Gasteiger partial charge in [-0.15, -0.1) is 0 Å². The van der Waals surface area contributed by atoms with Crippen molar-refractivity contribution in [1.82, 2.24) is 0 Å². The average molecular weight is 292 g/mol. The van der Waals surface area contributed by atoms with Crippen molar-refractivity contribution < 1.29 is 38.0 Å². The van der Waals surface area contributed by atoms with Crippen LogP contribution in [0.1, 0.15) is 20.3 Å². The van der Waals surface area contributed by atoms with Crippen molar-refractivity contribution >= 4 is 11.9 Å². The highest BCUT2D eigenvalue weighted by Crippen LogP contribution is 2.47. The van der Waals surface area contributed by atoms with Crippen molar-refractivity contribution in [2.24, 2.45) is 0 Å². The number of rotatable bonds is 5. The molecule has 0 aliphatic carbocycles. The van der Waals surface area contributed by atoms with Crippen LogP contribution in [0.4, 0.5) is 0 Å². The van der Waals surface area contributed by atoms with Gasteiger partial charge in [0.15, 0.2) is 0 Å². The molecule has 0 radical (unpaired) electrons. The molecule has 20 heavy (non-hydrogen) atoms. The quantitative estimate of drug-likeness (QED) is 0.663. The minimum absolute atomic E-state index is 0.492. The monoisotopic (exact) mass is 292 g/mol. The highest BCUT2D eigenvalue weighted by atomic mass is 16.9. The Morgan fingerprint density at radius 2 is 1.35 bits per heavy atom. The molecule has 0 amide bonds. The molecule has 1 fully saturated rings. The number of carbonyl (C=O) groups is 2. The van der Waals surface area contributed by atoms with Crippen molar-refractivity contribution in [3.8, 4) is 0 Å². The molecule has 0 aromatic carbocycles. The Kier molecular flexibility index (Phi) is 4.75. The summed E-state index contributed by atoms with van der Waals surface area (Å²) in [4.78, 5) is 23.5. The maximum Gasteiger partial charge on any atom is 0.367 e. The Balaban J connectivity index is 3.22. The SMILES string of the molecule is COC(=O)CC1(C(=O)OC)O[C@@](C)(OC)[C@](C)(OC)O1. The standard InChI is InChI=1S/C12H20O8/c1-10(17-5)11(2,18-6)20-12(19-10,9(14)16-4)7-8(13)15-3/h7H2,1-6H3/t10-,11-/m1/s1. The lowest BCUT2D eigenvalue weighted by Crippen LogP contribution is -2.50. The van der Waals surface area contributed by atoms with Crippen LogP contribution in [-0.2, 0) is 38.0 Å². The van der Waals surface area contributed by atoms with Crippen LogP contribution in [0.3, 0.4) is 0 Å². The van der Waals surface area contributed by atoms with Crippen LogP contribution in [0.2, 0.25) is 0 Å². The summed E-state index contributed by atoms with van der Waals surface area (Å²) in [7, 11) is 5.08. The topological polar surface area (TPSA) is 89.5 Å². The third-order valence-corrected chi connectivity index (χ3v) is 3.42. The maximum absolute atomic E-state index is 12.0. The van der Waals surface area contributed by atoms with Gasteiger partial charge in [0, 0.05) is 14.2 Å². The van der Waals surface area contributed by atoms with Gasteiger partial charge in [0.05, 0.1) is 14.2 Å². The number of methoxy groups -OCH3 is 4. The van der Waals surface area contributed by atoms with E-state index in [2.05, 4.69) is 9.47 Å². The lowest BCUT2D eigenvalue weighted by molar-refractivity contribution is -0.296. The molecule has 0 bridgehead atoms. The Morgan fingerprint density at radius 3 is 1.65 bits per heavy atom. The Morgan fingerprint density at radius 1 is 0.900 bits per heavy atom. The Bertz CT molecular complexity index is 377. The number of ether oxygens (including phenoxy) is 6. The summed E-state index contributed by atoms with van der Waals surface area (Å²) in [6.07, 6.45) is -0.492. The lowest BCUT2D eigenvalue weighted by atomic mass is 10.1. The van der Waals surface area contributed by atoms with E-state index in [4.69, 9.17) is 18.9 Å². The highest BCUT2D eigenvalue weighted by Gasteiger charge is 2.68. The molecule has 1 aliphatic heterocycles. The van der Waals surface area contributed by atoms with Crippen molar-refractivity contribution in [3.05, 3.63) is 0 Å². The van der Waals surface area contributed by atoms with Crippen molar-refractivity contribution in [1.29, 1.82) is 0 Å². The predicted molar refractivity (Wildman–Crippen MR) is 64.4 cm³/mol. The third kappa shape index (κ3) is 2.51. The minimum Gasteiger partial charge on any atom is -0.469 e. The van der Waals surface area contributed by atoms with Gasteiger partial charge >= 0.3 is 11.9 Å². The molecule has 2 atom stereocenters. The van der Waals surface area contributed by atoms with Gasteiger partial charge in [-0.1, -0.05) is 0 Å². The summed E-state index contributed by atoms with van der Waals surface area (Å²) in [5.74, 6) is -6.40. The number of hydrogen-bond donors (Lipinski definition) is 0. The molecule has 0 spiro atoms. The maximum atomic E-state index is 12.0. The molecule has 1 heterocycles. The molecule has 1 rings (SSSR count). The molecule has 8 nitrogen and oxygen atoms in total. The van der Waals surface area contributed by atoms with E-state index in [0.717, 1.165) is 7.11 Å². The molecular weight excluding hydrogens is 272 g/mol. The highest BCUT2D eigenvalue weighted by molar-refractivity contribution is 5.84. The first-order valence-electron chi connectivity index (χ1n) is 5.88. The first-order valence-corrected chi connectivity index (χ1v) is 5.88. The van der Waals surface area contributed by atoms with E-state index in [0.29, 0.717) is 0 Å². The van der Waals surface area contributed by atoms with E-state index in [1.807, 2.05) is 0 Å². The van der Waals surface area contributed by atoms with E-state index in [9.17, 15) is 9.59 Å². The predicted octanol–water partition coefficient (Wildman–Crippen LogP) is 0.191. The average Bonchev–Trinajstić information content (AvgIpc) is 2.67. The summed E-state index contributed by atoms with van der Waals surface area (Å²) in [5.41, 5.74) is 0. The molecule has 8 heteroatoms. The van der Waals surface area contributed by atoms with Gasteiger partial charge in [0.25, 0.3) is 5.79 Å². The van der Waals surface area contributed by atoms with Crippen molar-refractivity contribution in [2.75, 3.05) is 28.4 Å². The summed E-state index contributed by atoms with van der Waals surface area (Å²) < 4.78 is 30.8. The van der Waals surface area contributed by atoms with Crippen LogP contribution in [0.5, 0.6) is 0 Å². The second-order valence-corrected chi connectivity index (χ2v) is 4.50. The van der Waals surface area contributed by atoms with Crippen molar-refractivity contribution in [2.45, 2.75) is 37.6 Å². The molecule has 0 unspecified atom stereocenters. The molecule has 0 N–H and O–H groups in total. The molecule has 1 aliphatic rings. The fraction of sp³-hybridized carbons (Fsp3) is 0.833. The van der Waals surface area contributed by atoms with Gasteiger partial charge < -0.3 is 28.4 Å². The summed E-state index contributed by atoms with van der Waals surface area (Å²) in [6.45, 7) is 3.05. The van der Waals surface area contributed by atoms with Gasteiger partial charge in [0.1, 0.15) is 6.42 Å². The number of hydrogen-bond acceptors (Lipinski definition) is 8. The van der Waals surface area contributed by atoms with Crippen LogP contribution in [0.15, 0.2) is 0 Å². The zero-order valence-corrected chi connectivity index (χ0v) is 12.5. The van der Waals surface area contributed by atoms with Crippen LogP contribution in [0, 0.1) is 0 Å². The molecule has 116 valence electrons. The fourth-order valence-electron chi connectivity index (χ4n) is 1.93. The van der Waals surface area contributed by atoms with E-state index in [1.165, 1.54) is 35.2 Å². The van der Waals surface area contributed by atoms with E-state index >= 15 is 0 Å². The smallest absolute Gasteiger partial charge is 0.367 e. The van der Waals surface area contributed by atoms with Crippen molar-refractivity contribution in [3.63, 3.8) is 0 Å². The second kappa shape index (κ2) is 5.65. The number of carbonyl (C=O) groups excluding carboxylic acids is 2. The lowest BCUT2D eigenvalue weighted by Gasteiger charge is -2.33. The summed E-state index contributed by atoms with van der Waals surface area (Å²) in [5, 5.41) is 0. The van der Waals surface area contributed by atoms with Crippen LogP contribution < -0.4 is 0 Å². The molecule has 0 aromatic rings. The largest absolute Gasteiger partial charge is 0.469 e. The first-order chi connectivity index (χ1) is 9.22. The van der Waals surface area contributed by atoms with E-state index < -0.39 is 35.7 Å². The fourth-order valence-corrected chi connectivity index (χ4v) is 1.93. The normalized spacial score (nSPS) is 31.9. The summed E-state index contributed by atoms with van der Waals surface area (Å²) >= 11 is 0. The van der Waals surface area contributed by atoms with Gasteiger partial charge in [-0.05, 0) is 13.8 Å². The molecule has 1 saturated heterocycles. The van der Waals surface area contributed by atoms with Gasteiger partial charge in [-0.25, -0.2) is 4.79 Å². The third-order valence-electron chi connectivity index (χ3n) is 3.42. The minimum atomic E-state index is -1.99. The van der Waals surface area contributed by atoms with Crippen LogP contribution in [0.25, 0.3) is 0 Å². The van der Waals surface area contributed by atoms with Gasteiger partial charge in [0.2, 0.25) is 11.6 Å². The Labute approximate surface area is 117 Å². The molecule has 0 saturated carbocycles. The zero-order valence-electron chi connectivity index (χ0n) is 12.5. The zero-order chi connectivity index (χ0) is 15.6. The molecule has 0 aromatic heterocycles. The first kappa shape index (κ1) is 16.8. The Hall–Kier alpha value is -1.22. The molecular formula is C12H20O8. The van der Waals surface area contributed by atoms with E-state index in [-0.39, 0.29) is 0 Å². The summed E-state index contributed by atoms with van der Waals surface area (Å²) in [6, 6.07) is 0. The van der Waals surface area contributed by atoms with Crippen LogP contribution in [-0.4, -0.2) is 57.7 Å². The van der Waals surface area contributed by atoms with E-state index in [1.54, 1.807) is 0 Å².